The van der Waals surface area contributed by atoms with Crippen molar-refractivity contribution >= 4 is 29.0 Å². The van der Waals surface area contributed by atoms with Gasteiger partial charge in [-0.15, -0.1) is 0 Å². The van der Waals surface area contributed by atoms with Crippen molar-refractivity contribution in [3.8, 4) is 23.1 Å². The van der Waals surface area contributed by atoms with Gasteiger partial charge in [0.25, 0.3) is 11.8 Å². The summed E-state index contributed by atoms with van der Waals surface area (Å²) in [7, 11) is 0. The molecule has 2 bridgehead atoms. The summed E-state index contributed by atoms with van der Waals surface area (Å²) in [6.07, 6.45) is 5.90. The minimum absolute atomic E-state index is 0.0650. The molecule has 4 N–H and O–H groups in total. The molecular weight excluding hydrogens is 468 g/mol. The highest BCUT2D eigenvalue weighted by atomic mass is 16.2. The summed E-state index contributed by atoms with van der Waals surface area (Å²) >= 11 is 0. The summed E-state index contributed by atoms with van der Waals surface area (Å²) in [4.78, 5) is 40.9. The quantitative estimate of drug-likeness (QED) is 0.373. The van der Waals surface area contributed by atoms with Crippen LogP contribution in [-0.4, -0.2) is 54.7 Å². The first-order chi connectivity index (χ1) is 18.0. The predicted molar refractivity (Wildman–Crippen MR) is 138 cm³/mol. The van der Waals surface area contributed by atoms with E-state index in [9.17, 15) is 9.59 Å². The van der Waals surface area contributed by atoms with Gasteiger partial charge in [-0.3, -0.25) is 14.0 Å². The fraction of sp³-hybridized carbons (Fsp3) is 0.222. The summed E-state index contributed by atoms with van der Waals surface area (Å²) in [6.45, 7) is 2.40. The molecule has 2 amide bonds. The number of hydrogen-bond donors (Lipinski definition) is 3. The molecule has 2 unspecified atom stereocenters. The number of amides is 2. The Morgan fingerprint density at radius 3 is 2.73 bits per heavy atom. The molecule has 2 aliphatic heterocycles. The molecule has 184 valence electrons. The minimum atomic E-state index is -0.293. The fourth-order valence-electron chi connectivity index (χ4n) is 5.29. The normalized spacial score (nSPS) is 20.0. The van der Waals surface area contributed by atoms with Crippen LogP contribution in [-0.2, 0) is 4.79 Å². The Hall–Kier alpha value is -4.75. The minimum Gasteiger partial charge on any atom is -0.382 e. The topological polar surface area (TPSA) is 131 Å². The number of fused-ring (bicyclic) bond motifs is 3. The van der Waals surface area contributed by atoms with Gasteiger partial charge in [0.1, 0.15) is 34.7 Å². The van der Waals surface area contributed by atoms with Gasteiger partial charge in [-0.25, -0.2) is 15.0 Å². The lowest BCUT2D eigenvalue weighted by molar-refractivity contribution is -0.129. The number of likely N-dealkylation sites (tertiary alicyclic amines) is 1. The zero-order valence-corrected chi connectivity index (χ0v) is 20.0. The molecule has 37 heavy (non-hydrogen) atoms. The van der Waals surface area contributed by atoms with Crippen LogP contribution in [0.5, 0.6) is 0 Å². The van der Waals surface area contributed by atoms with E-state index in [-0.39, 0.29) is 29.9 Å². The number of anilines is 2. The molecule has 2 aliphatic rings. The number of carbonyl (C=O) groups is 2. The maximum absolute atomic E-state index is 12.9. The number of benzene rings is 1. The third-order valence-electron chi connectivity index (χ3n) is 6.88. The molecule has 10 heteroatoms. The maximum Gasteiger partial charge on any atom is 0.299 e. The van der Waals surface area contributed by atoms with Gasteiger partial charge in [-0.2, -0.15) is 0 Å². The van der Waals surface area contributed by atoms with Crippen LogP contribution in [0.15, 0.2) is 61.1 Å². The average Bonchev–Trinajstić information content (AvgIpc) is 3.63. The number of nitrogens with two attached hydrogens (primary N) is 1. The second-order valence-electron chi connectivity index (χ2n) is 9.03. The maximum atomic E-state index is 12.9. The summed E-state index contributed by atoms with van der Waals surface area (Å²) in [6, 6.07) is 12.3. The molecule has 6 rings (SSSR count). The Balaban J connectivity index is 1.39. The van der Waals surface area contributed by atoms with Crippen LogP contribution in [0.25, 0.3) is 16.8 Å². The molecule has 2 saturated heterocycles. The number of pyridine rings is 1. The van der Waals surface area contributed by atoms with Gasteiger partial charge in [0.15, 0.2) is 0 Å². The molecule has 0 saturated carbocycles. The monoisotopic (exact) mass is 492 g/mol. The lowest BCUT2D eigenvalue weighted by Crippen LogP contribution is -2.49. The highest BCUT2D eigenvalue weighted by Crippen LogP contribution is 2.41. The standard InChI is InChI=1S/C27H24N8O2/c1-2-5-21(36)35-18-14-19(31-15-18)23(35)26-33-22(24-25(28)30-12-13-34(24)26)16-7-9-17(10-8-16)27(37)32-20-6-3-4-11-29-20/h3-4,6-13,18-19,23,31H,14-15H2,1H3,(H2,28,30)(H,29,32,37)/t18?,19-,23?/m0/s1. The van der Waals surface area contributed by atoms with E-state index >= 15 is 0 Å². The number of rotatable bonds is 4. The number of nitrogens with one attached hydrogen (secondary N) is 2. The number of nitrogens with zero attached hydrogens (tertiary/aromatic N) is 5. The largest absolute Gasteiger partial charge is 0.382 e. The van der Waals surface area contributed by atoms with Crippen LogP contribution < -0.4 is 16.4 Å². The molecule has 0 radical (unpaired) electrons. The van der Waals surface area contributed by atoms with Gasteiger partial charge < -0.3 is 21.3 Å². The van der Waals surface area contributed by atoms with Gasteiger partial charge in [-0.05, 0) is 43.5 Å². The van der Waals surface area contributed by atoms with E-state index in [4.69, 9.17) is 10.7 Å². The van der Waals surface area contributed by atoms with Crippen LogP contribution in [0.1, 0.15) is 35.6 Å². The summed E-state index contributed by atoms with van der Waals surface area (Å²) < 4.78 is 1.91. The third-order valence-corrected chi connectivity index (χ3v) is 6.88. The molecule has 3 atom stereocenters. The molecule has 5 heterocycles. The second-order valence-corrected chi connectivity index (χ2v) is 9.03. The Bertz CT molecular complexity index is 1570. The summed E-state index contributed by atoms with van der Waals surface area (Å²) in [5.74, 6) is 6.46. The molecule has 1 aromatic carbocycles. The molecule has 2 fully saturated rings. The predicted octanol–water partition coefficient (Wildman–Crippen LogP) is 2.26. The first-order valence-electron chi connectivity index (χ1n) is 12.0. The molecule has 4 aromatic rings. The Kier molecular flexibility index (Phi) is 5.54. The lowest BCUT2D eigenvalue weighted by atomic mass is 10.1. The zero-order chi connectivity index (χ0) is 25.5. The number of aromatic nitrogens is 4. The number of piperazine rings is 1. The first-order valence-corrected chi connectivity index (χ1v) is 12.0. The van der Waals surface area contributed by atoms with Gasteiger partial charge in [-0.1, -0.05) is 24.1 Å². The highest BCUT2D eigenvalue weighted by molar-refractivity contribution is 6.04. The SMILES string of the molecule is CC#CC(=O)N1C2CN[C@@H](C2)C1c1nc(-c2ccc(C(=O)Nc3ccccn3)cc2)c2c(N)nccn12. The Labute approximate surface area is 212 Å². The Morgan fingerprint density at radius 1 is 1.14 bits per heavy atom. The van der Waals surface area contributed by atoms with Crippen molar-refractivity contribution in [3.63, 3.8) is 0 Å². The van der Waals surface area contributed by atoms with Gasteiger partial charge in [0.2, 0.25) is 0 Å². The Morgan fingerprint density at radius 2 is 1.97 bits per heavy atom. The van der Waals surface area contributed by atoms with Crippen LogP contribution in [0.3, 0.4) is 0 Å². The molecule has 10 nitrogen and oxygen atoms in total. The number of imidazole rings is 1. The van der Waals surface area contributed by atoms with Crippen molar-refractivity contribution < 1.29 is 9.59 Å². The van der Waals surface area contributed by atoms with Crippen molar-refractivity contribution in [1.82, 2.24) is 29.6 Å². The second kappa shape index (κ2) is 9.04. The molecule has 0 aliphatic carbocycles. The average molecular weight is 493 g/mol. The number of nitrogen functional groups attached to an aromatic ring is 1. The van der Waals surface area contributed by atoms with Crippen molar-refractivity contribution in [1.29, 1.82) is 0 Å². The van der Waals surface area contributed by atoms with Crippen molar-refractivity contribution in [2.24, 2.45) is 0 Å². The molecule has 3 aromatic heterocycles. The lowest BCUT2D eigenvalue weighted by Gasteiger charge is -2.33. The number of carbonyl (C=O) groups excluding carboxylic acids is 2. The van der Waals surface area contributed by atoms with Gasteiger partial charge in [0.05, 0.1) is 0 Å². The van der Waals surface area contributed by atoms with E-state index < -0.39 is 0 Å². The molecular formula is C27H24N8O2. The van der Waals surface area contributed by atoms with E-state index in [0.29, 0.717) is 34.2 Å². The van der Waals surface area contributed by atoms with E-state index in [1.165, 1.54) is 0 Å². The fourth-order valence-corrected chi connectivity index (χ4v) is 5.29. The van der Waals surface area contributed by atoms with Crippen LogP contribution in [0, 0.1) is 11.8 Å². The van der Waals surface area contributed by atoms with E-state index in [0.717, 1.165) is 18.5 Å². The number of hydrogen-bond acceptors (Lipinski definition) is 7. The van der Waals surface area contributed by atoms with Gasteiger partial charge >= 0.3 is 0 Å². The van der Waals surface area contributed by atoms with Crippen molar-refractivity contribution in [3.05, 3.63) is 72.4 Å². The zero-order valence-electron chi connectivity index (χ0n) is 20.0. The van der Waals surface area contributed by atoms with Gasteiger partial charge in [0, 0.05) is 48.3 Å². The van der Waals surface area contributed by atoms with Crippen LogP contribution >= 0.6 is 0 Å². The van der Waals surface area contributed by atoms with Crippen molar-refractivity contribution in [2.45, 2.75) is 31.5 Å². The first kappa shape index (κ1) is 22.7. The van der Waals surface area contributed by atoms with E-state index in [2.05, 4.69) is 32.4 Å². The van der Waals surface area contributed by atoms with E-state index in [1.807, 2.05) is 27.6 Å². The van der Waals surface area contributed by atoms with Crippen LogP contribution in [0.2, 0.25) is 0 Å². The van der Waals surface area contributed by atoms with Crippen molar-refractivity contribution in [2.75, 3.05) is 17.6 Å². The van der Waals surface area contributed by atoms with E-state index in [1.54, 1.807) is 49.6 Å². The van der Waals surface area contributed by atoms with Crippen LogP contribution in [0.4, 0.5) is 11.6 Å². The third kappa shape index (κ3) is 3.86. The summed E-state index contributed by atoms with van der Waals surface area (Å²) in [5, 5.41) is 6.29. The molecule has 0 spiro atoms. The smallest absolute Gasteiger partial charge is 0.299 e. The highest BCUT2D eigenvalue weighted by Gasteiger charge is 2.50. The summed E-state index contributed by atoms with van der Waals surface area (Å²) in [5.41, 5.74) is 8.87.